The molecule has 0 atom stereocenters. The zero-order valence-electron chi connectivity index (χ0n) is 14.3. The Morgan fingerprint density at radius 1 is 1.14 bits per heavy atom. The molecular weight excluding hydrogens is 470 g/mol. The lowest BCUT2D eigenvalue weighted by atomic mass is 10.1. The van der Waals surface area contributed by atoms with Crippen LogP contribution in [0.25, 0.3) is 0 Å². The van der Waals surface area contributed by atoms with Gasteiger partial charge in [-0.25, -0.2) is 8.42 Å². The van der Waals surface area contributed by atoms with Gasteiger partial charge < -0.3 is 5.32 Å². The van der Waals surface area contributed by atoms with E-state index in [4.69, 9.17) is 35.4 Å². The van der Waals surface area contributed by atoms with Gasteiger partial charge in [-0.05, 0) is 48.6 Å². The molecular formula is C17H12Cl2F3N3O2S2. The topological polar surface area (TPSA) is 70.6 Å². The fourth-order valence-electron chi connectivity index (χ4n) is 2.69. The van der Waals surface area contributed by atoms with Gasteiger partial charge in [-0.2, -0.15) is 18.3 Å². The Balaban J connectivity index is 1.78. The first-order chi connectivity index (χ1) is 13.5. The highest BCUT2D eigenvalue weighted by Gasteiger charge is 2.31. The van der Waals surface area contributed by atoms with E-state index < -0.39 is 21.6 Å². The summed E-state index contributed by atoms with van der Waals surface area (Å²) in [7, 11) is -3.57. The van der Waals surface area contributed by atoms with Crippen molar-refractivity contribution in [3.8, 4) is 0 Å². The SMILES string of the molecule is O=S1(=O)CC/C(=N\NC(=S)Nc2ccc(C(F)(F)F)cc2)c2cc(Cl)cc(Cl)c21. The molecule has 29 heavy (non-hydrogen) atoms. The number of fused-ring (bicyclic) bond motifs is 1. The smallest absolute Gasteiger partial charge is 0.331 e. The second-order valence-corrected chi connectivity index (χ2v) is 9.33. The van der Waals surface area contributed by atoms with Crippen LogP contribution in [0.4, 0.5) is 18.9 Å². The highest BCUT2D eigenvalue weighted by molar-refractivity contribution is 7.91. The summed E-state index contributed by atoms with van der Waals surface area (Å²) in [6, 6.07) is 7.09. The molecule has 3 rings (SSSR count). The summed E-state index contributed by atoms with van der Waals surface area (Å²) >= 11 is 17.1. The van der Waals surface area contributed by atoms with Crippen molar-refractivity contribution in [2.24, 2.45) is 5.10 Å². The van der Waals surface area contributed by atoms with Crippen molar-refractivity contribution < 1.29 is 21.6 Å². The Morgan fingerprint density at radius 3 is 2.41 bits per heavy atom. The van der Waals surface area contributed by atoms with E-state index in [0.717, 1.165) is 12.1 Å². The third kappa shape index (κ3) is 5.00. The molecule has 0 saturated heterocycles. The molecule has 1 aliphatic rings. The maximum absolute atomic E-state index is 12.6. The van der Waals surface area contributed by atoms with Crippen molar-refractivity contribution in [2.45, 2.75) is 17.5 Å². The largest absolute Gasteiger partial charge is 0.416 e. The van der Waals surface area contributed by atoms with Crippen molar-refractivity contribution in [3.63, 3.8) is 0 Å². The van der Waals surface area contributed by atoms with Crippen LogP contribution in [0.15, 0.2) is 46.4 Å². The molecule has 0 aromatic heterocycles. The van der Waals surface area contributed by atoms with E-state index in [1.807, 2.05) is 0 Å². The number of hydrogen-bond acceptors (Lipinski definition) is 4. The number of hydrazone groups is 1. The molecule has 1 aliphatic heterocycles. The maximum Gasteiger partial charge on any atom is 0.416 e. The molecule has 0 aliphatic carbocycles. The van der Waals surface area contributed by atoms with E-state index in [2.05, 4.69) is 15.8 Å². The number of nitrogens with one attached hydrogen (secondary N) is 2. The van der Waals surface area contributed by atoms with Crippen LogP contribution in [0.3, 0.4) is 0 Å². The van der Waals surface area contributed by atoms with Gasteiger partial charge in [-0.1, -0.05) is 23.2 Å². The Hall–Kier alpha value is -1.88. The van der Waals surface area contributed by atoms with Crippen molar-refractivity contribution in [1.29, 1.82) is 0 Å². The normalized spacial score (nSPS) is 16.9. The van der Waals surface area contributed by atoms with Gasteiger partial charge in [0, 0.05) is 22.7 Å². The van der Waals surface area contributed by atoms with Crippen LogP contribution in [0.5, 0.6) is 0 Å². The first-order valence-corrected chi connectivity index (χ1v) is 10.8. The summed E-state index contributed by atoms with van der Waals surface area (Å²) in [6.45, 7) is 0. The zero-order chi connectivity index (χ0) is 21.4. The Kier molecular flexibility index (Phi) is 6.09. The Bertz CT molecular complexity index is 1100. The molecule has 0 amide bonds. The lowest BCUT2D eigenvalue weighted by Crippen LogP contribution is -2.28. The molecule has 0 saturated carbocycles. The van der Waals surface area contributed by atoms with Crippen LogP contribution in [0, 0.1) is 0 Å². The number of anilines is 1. The van der Waals surface area contributed by atoms with E-state index in [1.165, 1.54) is 24.3 Å². The fraction of sp³-hybridized carbons (Fsp3) is 0.176. The minimum atomic E-state index is -4.43. The number of halogens is 5. The number of nitrogens with zero attached hydrogens (tertiary/aromatic N) is 1. The molecule has 5 nitrogen and oxygen atoms in total. The number of hydrogen-bond donors (Lipinski definition) is 2. The summed E-state index contributed by atoms with van der Waals surface area (Å²) in [6.07, 6.45) is -4.32. The van der Waals surface area contributed by atoms with Gasteiger partial charge in [0.25, 0.3) is 0 Å². The third-order valence-corrected chi connectivity index (χ3v) is 6.63. The average molecular weight is 482 g/mol. The molecule has 2 aromatic carbocycles. The van der Waals surface area contributed by atoms with Crippen LogP contribution in [-0.2, 0) is 16.0 Å². The lowest BCUT2D eigenvalue weighted by Gasteiger charge is -2.20. The number of alkyl halides is 3. The van der Waals surface area contributed by atoms with Gasteiger partial charge in [-0.15, -0.1) is 0 Å². The van der Waals surface area contributed by atoms with Gasteiger partial charge in [0.15, 0.2) is 14.9 Å². The molecule has 2 aromatic rings. The summed E-state index contributed by atoms with van der Waals surface area (Å²) < 4.78 is 62.4. The Morgan fingerprint density at radius 2 is 1.79 bits per heavy atom. The maximum atomic E-state index is 12.6. The van der Waals surface area contributed by atoms with Gasteiger partial charge in [0.2, 0.25) is 0 Å². The summed E-state index contributed by atoms with van der Waals surface area (Å²) in [5.41, 5.74) is 2.77. The monoisotopic (exact) mass is 481 g/mol. The predicted molar refractivity (Wildman–Crippen MR) is 110 cm³/mol. The van der Waals surface area contributed by atoms with Gasteiger partial charge >= 0.3 is 6.18 Å². The second-order valence-electron chi connectivity index (χ2n) is 6.03. The summed E-state index contributed by atoms with van der Waals surface area (Å²) in [4.78, 5) is -0.0445. The first-order valence-electron chi connectivity index (χ1n) is 8.00. The van der Waals surface area contributed by atoms with Crippen molar-refractivity contribution in [3.05, 3.63) is 57.6 Å². The highest BCUT2D eigenvalue weighted by atomic mass is 35.5. The van der Waals surface area contributed by atoms with Crippen LogP contribution in [0.2, 0.25) is 10.0 Å². The van der Waals surface area contributed by atoms with Crippen LogP contribution in [-0.4, -0.2) is 25.0 Å². The van der Waals surface area contributed by atoms with Crippen LogP contribution in [0.1, 0.15) is 17.5 Å². The van der Waals surface area contributed by atoms with E-state index >= 15 is 0 Å². The van der Waals surface area contributed by atoms with Crippen molar-refractivity contribution >= 4 is 61.8 Å². The lowest BCUT2D eigenvalue weighted by molar-refractivity contribution is -0.137. The standard InChI is InChI=1S/C17H12Cl2F3N3O2S2/c18-10-7-12-14(5-6-29(26,27)15(12)13(19)8-10)24-25-16(28)23-11-3-1-9(2-4-11)17(20,21)22/h1-4,7-8H,5-6H2,(H2,23,25,28)/b24-14+. The van der Waals surface area contributed by atoms with Crippen molar-refractivity contribution in [1.82, 2.24) is 5.43 Å². The van der Waals surface area contributed by atoms with E-state index in [1.54, 1.807) is 0 Å². The summed E-state index contributed by atoms with van der Waals surface area (Å²) in [5.74, 6) is -0.180. The minimum absolute atomic E-state index is 0.00496. The minimum Gasteiger partial charge on any atom is -0.331 e. The number of rotatable bonds is 2. The predicted octanol–water partition coefficient (Wildman–Crippen LogP) is 4.88. The molecule has 154 valence electrons. The molecule has 12 heteroatoms. The van der Waals surface area contributed by atoms with Gasteiger partial charge in [0.05, 0.1) is 26.9 Å². The average Bonchev–Trinajstić information content (AvgIpc) is 2.59. The van der Waals surface area contributed by atoms with E-state index in [-0.39, 0.29) is 37.8 Å². The van der Waals surface area contributed by atoms with Gasteiger partial charge in [0.1, 0.15) is 0 Å². The third-order valence-electron chi connectivity index (χ3n) is 4.00. The Labute approximate surface area is 179 Å². The molecule has 0 radical (unpaired) electrons. The number of thiocarbonyl (C=S) groups is 1. The molecule has 0 fully saturated rings. The van der Waals surface area contributed by atoms with E-state index in [0.29, 0.717) is 11.4 Å². The number of sulfone groups is 1. The fourth-order valence-corrected chi connectivity index (χ4v) is 5.24. The molecule has 0 spiro atoms. The molecule has 2 N–H and O–H groups in total. The van der Waals surface area contributed by atoms with Crippen molar-refractivity contribution in [2.75, 3.05) is 11.1 Å². The molecule has 1 heterocycles. The number of benzene rings is 2. The van der Waals surface area contributed by atoms with Crippen LogP contribution < -0.4 is 10.7 Å². The quantitative estimate of drug-likeness (QED) is 0.472. The highest BCUT2D eigenvalue weighted by Crippen LogP contribution is 2.34. The molecule has 0 bridgehead atoms. The molecule has 0 unspecified atom stereocenters. The second kappa shape index (κ2) is 8.10. The van der Waals surface area contributed by atoms with Crippen LogP contribution >= 0.6 is 35.4 Å². The van der Waals surface area contributed by atoms with E-state index in [9.17, 15) is 21.6 Å². The summed E-state index contributed by atoms with van der Waals surface area (Å²) in [5, 5.41) is 7.10. The first kappa shape index (κ1) is 21.8. The van der Waals surface area contributed by atoms with Gasteiger partial charge in [-0.3, -0.25) is 5.43 Å². The zero-order valence-corrected chi connectivity index (χ0v) is 17.5.